The smallest absolute Gasteiger partial charge is 0.305 e. The van der Waals surface area contributed by atoms with Crippen LogP contribution < -0.4 is 0 Å². The second-order valence-electron chi connectivity index (χ2n) is 16.2. The Morgan fingerprint density at radius 1 is 0.950 bits per heavy atom. The van der Waals surface area contributed by atoms with Gasteiger partial charge in [0.05, 0.1) is 12.7 Å². The maximum Gasteiger partial charge on any atom is 0.305 e. The first-order chi connectivity index (χ1) is 18.5. The zero-order valence-electron chi connectivity index (χ0n) is 27.8. The van der Waals surface area contributed by atoms with Crippen molar-refractivity contribution in [1.82, 2.24) is 0 Å². The van der Waals surface area contributed by atoms with Crippen molar-refractivity contribution in [1.29, 1.82) is 0 Å². The summed E-state index contributed by atoms with van der Waals surface area (Å²) in [6, 6.07) is 0. The molecule has 1 unspecified atom stereocenters. The van der Waals surface area contributed by atoms with Gasteiger partial charge in [-0.05, 0) is 115 Å². The van der Waals surface area contributed by atoms with Crippen LogP contribution in [0.1, 0.15) is 127 Å². The SMILES string of the molecule is COC(=O)CC[C@@H](C)[C@H]1CC[C@H]2[C@H]3[C@H](CC[C@]12C)[C@@]1(C)CC[C@H](O[Si](C(C)C)(C(C)C)C(C)C)CC1=CC3(C)O. The monoisotopic (exact) mass is 574 g/mol. The predicted octanol–water partition coefficient (Wildman–Crippen LogP) is 9.08. The van der Waals surface area contributed by atoms with Crippen molar-refractivity contribution >= 4 is 14.3 Å². The molecule has 3 saturated carbocycles. The fourth-order valence-electron chi connectivity index (χ4n) is 11.4. The Balaban J connectivity index is 1.58. The number of hydrogen-bond acceptors (Lipinski definition) is 4. The highest BCUT2D eigenvalue weighted by Gasteiger charge is 2.64. The Kier molecular flexibility index (Phi) is 9.24. The van der Waals surface area contributed by atoms with Crippen molar-refractivity contribution in [3.8, 4) is 0 Å². The number of rotatable bonds is 9. The van der Waals surface area contributed by atoms with E-state index in [1.54, 1.807) is 0 Å². The van der Waals surface area contributed by atoms with Gasteiger partial charge >= 0.3 is 5.97 Å². The highest BCUT2D eigenvalue weighted by Crippen LogP contribution is 2.69. The molecule has 0 aromatic carbocycles. The zero-order chi connectivity index (χ0) is 29.8. The van der Waals surface area contributed by atoms with Crippen LogP contribution in [-0.4, -0.2) is 38.2 Å². The first-order valence-corrected chi connectivity index (χ1v) is 18.9. The molecule has 0 saturated heterocycles. The number of carbonyl (C=O) groups is 1. The zero-order valence-corrected chi connectivity index (χ0v) is 28.8. The molecule has 0 aliphatic heterocycles. The number of methoxy groups -OCH3 is 1. The molecule has 0 heterocycles. The van der Waals surface area contributed by atoms with Crippen LogP contribution >= 0.6 is 0 Å². The van der Waals surface area contributed by atoms with E-state index in [9.17, 15) is 9.90 Å². The molecule has 230 valence electrons. The fourth-order valence-corrected chi connectivity index (χ4v) is 17.0. The molecule has 0 amide bonds. The number of hydrogen-bond donors (Lipinski definition) is 1. The summed E-state index contributed by atoms with van der Waals surface area (Å²) in [5, 5.41) is 12.2. The van der Waals surface area contributed by atoms with Gasteiger partial charge in [0.15, 0.2) is 0 Å². The highest BCUT2D eigenvalue weighted by atomic mass is 28.4. The van der Waals surface area contributed by atoms with Crippen molar-refractivity contribution in [3.05, 3.63) is 11.6 Å². The molecular weight excluding hydrogens is 512 g/mol. The maximum absolute atomic E-state index is 12.2. The summed E-state index contributed by atoms with van der Waals surface area (Å²) in [6.07, 6.45) is 12.2. The summed E-state index contributed by atoms with van der Waals surface area (Å²) in [6.45, 7) is 23.9. The van der Waals surface area contributed by atoms with Crippen molar-refractivity contribution in [2.45, 2.75) is 155 Å². The standard InChI is InChI=1S/C35H62O4Si/c1-22(2)40(23(3)4,24(5)6)39-27-16-18-33(8)26(20-27)21-35(10,37)32-29-14-13-28(25(7)12-15-31(36)38-11)34(29,9)19-17-30(32)33/h21-25,27-30,32,37H,12-20H2,1-11H3/t25-,27+,28-,29+,30+,32+,33+,34-,35?/m1/s1. The summed E-state index contributed by atoms with van der Waals surface area (Å²) in [4.78, 5) is 11.9. The van der Waals surface area contributed by atoms with E-state index in [0.29, 0.717) is 52.6 Å². The van der Waals surface area contributed by atoms with Gasteiger partial charge in [-0.2, -0.15) is 0 Å². The third kappa shape index (κ3) is 5.21. The molecule has 4 rings (SSSR count). The van der Waals surface area contributed by atoms with Gasteiger partial charge < -0.3 is 14.3 Å². The van der Waals surface area contributed by atoms with E-state index in [1.165, 1.54) is 44.8 Å². The third-order valence-electron chi connectivity index (χ3n) is 13.3. The molecule has 0 bridgehead atoms. The minimum atomic E-state index is -1.95. The van der Waals surface area contributed by atoms with Crippen molar-refractivity contribution in [2.75, 3.05) is 7.11 Å². The third-order valence-corrected chi connectivity index (χ3v) is 19.4. The molecular formula is C35H62O4Si. The van der Waals surface area contributed by atoms with Gasteiger partial charge in [-0.15, -0.1) is 0 Å². The molecule has 0 radical (unpaired) electrons. The minimum Gasteiger partial charge on any atom is -0.469 e. The summed E-state index contributed by atoms with van der Waals surface area (Å²) in [7, 11) is -0.456. The summed E-state index contributed by atoms with van der Waals surface area (Å²) < 4.78 is 12.3. The Labute approximate surface area is 247 Å². The number of carbonyl (C=O) groups excluding carboxylic acids is 1. The van der Waals surface area contributed by atoms with Gasteiger partial charge in [-0.3, -0.25) is 4.79 Å². The Bertz CT molecular complexity index is 931. The van der Waals surface area contributed by atoms with Crippen LogP contribution in [0.3, 0.4) is 0 Å². The Morgan fingerprint density at radius 2 is 1.57 bits per heavy atom. The normalized spacial score (nSPS) is 40.5. The molecule has 0 aromatic rings. The molecule has 0 spiro atoms. The lowest BCUT2D eigenvalue weighted by Crippen LogP contribution is -2.59. The van der Waals surface area contributed by atoms with Crippen LogP contribution in [0.15, 0.2) is 11.6 Å². The van der Waals surface area contributed by atoms with Gasteiger partial charge in [-0.25, -0.2) is 0 Å². The number of fused-ring (bicyclic) bond motifs is 5. The average molecular weight is 575 g/mol. The first kappa shape index (κ1) is 32.3. The maximum atomic E-state index is 12.2. The van der Waals surface area contributed by atoms with Gasteiger partial charge in [0.25, 0.3) is 0 Å². The lowest BCUT2D eigenvalue weighted by atomic mass is 9.44. The van der Waals surface area contributed by atoms with Crippen LogP contribution in [-0.2, 0) is 14.0 Å². The van der Waals surface area contributed by atoms with Gasteiger partial charge in [0.2, 0.25) is 8.32 Å². The van der Waals surface area contributed by atoms with E-state index in [0.717, 1.165) is 19.3 Å². The lowest BCUT2D eigenvalue weighted by molar-refractivity contribution is -0.141. The Morgan fingerprint density at radius 3 is 2.15 bits per heavy atom. The fraction of sp³-hybridized carbons (Fsp3) is 0.914. The van der Waals surface area contributed by atoms with E-state index in [-0.39, 0.29) is 22.9 Å². The second-order valence-corrected chi connectivity index (χ2v) is 21.6. The quantitative estimate of drug-likeness (QED) is 0.169. The van der Waals surface area contributed by atoms with Gasteiger partial charge in [-0.1, -0.05) is 74.0 Å². The molecule has 40 heavy (non-hydrogen) atoms. The second kappa shape index (κ2) is 11.4. The molecule has 1 N–H and O–H groups in total. The van der Waals surface area contributed by atoms with Crippen LogP contribution in [0.25, 0.3) is 0 Å². The predicted molar refractivity (Wildman–Crippen MR) is 168 cm³/mol. The number of aliphatic hydroxyl groups is 1. The largest absolute Gasteiger partial charge is 0.469 e. The summed E-state index contributed by atoms with van der Waals surface area (Å²) in [5.41, 5.74) is 2.89. The topological polar surface area (TPSA) is 55.8 Å². The molecule has 5 heteroatoms. The van der Waals surface area contributed by atoms with Gasteiger partial charge in [0.1, 0.15) is 0 Å². The van der Waals surface area contributed by atoms with E-state index < -0.39 is 13.9 Å². The molecule has 9 atom stereocenters. The van der Waals surface area contributed by atoms with E-state index in [1.807, 2.05) is 0 Å². The van der Waals surface area contributed by atoms with E-state index in [4.69, 9.17) is 9.16 Å². The van der Waals surface area contributed by atoms with Gasteiger partial charge in [0, 0.05) is 12.5 Å². The first-order valence-electron chi connectivity index (χ1n) is 16.7. The van der Waals surface area contributed by atoms with Crippen LogP contribution in [0.5, 0.6) is 0 Å². The summed E-state index contributed by atoms with van der Waals surface area (Å²) in [5.74, 6) is 2.41. The molecule has 4 aliphatic rings. The van der Waals surface area contributed by atoms with E-state index in [2.05, 4.69) is 75.3 Å². The number of esters is 1. The number of ether oxygens (including phenoxy) is 1. The molecule has 3 fully saturated rings. The van der Waals surface area contributed by atoms with Crippen molar-refractivity contribution in [2.24, 2.45) is 40.4 Å². The highest BCUT2D eigenvalue weighted by molar-refractivity contribution is 6.77. The van der Waals surface area contributed by atoms with Crippen LogP contribution in [0.2, 0.25) is 16.6 Å². The molecule has 0 aromatic heterocycles. The molecule has 4 aliphatic carbocycles. The molecule has 4 nitrogen and oxygen atoms in total. The Hall–Kier alpha value is -0.653. The van der Waals surface area contributed by atoms with Crippen LogP contribution in [0, 0.1) is 40.4 Å². The average Bonchev–Trinajstić information content (AvgIpc) is 3.22. The van der Waals surface area contributed by atoms with E-state index >= 15 is 0 Å². The summed E-state index contributed by atoms with van der Waals surface area (Å²) >= 11 is 0. The van der Waals surface area contributed by atoms with Crippen molar-refractivity contribution in [3.63, 3.8) is 0 Å². The minimum absolute atomic E-state index is 0.0919. The van der Waals surface area contributed by atoms with Crippen LogP contribution in [0.4, 0.5) is 0 Å². The van der Waals surface area contributed by atoms with Crippen molar-refractivity contribution < 1.29 is 19.1 Å². The lowest BCUT2D eigenvalue weighted by Gasteiger charge is -2.62.